The molecule has 0 saturated carbocycles. The molecule has 1 N–H and O–H groups in total. The predicted octanol–water partition coefficient (Wildman–Crippen LogP) is 4.91. The summed E-state index contributed by atoms with van der Waals surface area (Å²) in [7, 11) is 1.71. The molecule has 0 unspecified atom stereocenters. The number of para-hydroxylation sites is 1. The number of rotatable bonds is 9. The SMILES string of the molecule is COc1ccccc1CN(CCCn1ccnc1)Cc1[nH]c2ccc(F)cc2c1C. The van der Waals surface area contributed by atoms with Gasteiger partial charge in [0.15, 0.2) is 0 Å². The molecule has 2 aromatic carbocycles. The second kappa shape index (κ2) is 9.13. The Bertz CT molecular complexity index is 1100. The highest BCUT2D eigenvalue weighted by molar-refractivity contribution is 5.84. The van der Waals surface area contributed by atoms with Crippen molar-refractivity contribution in [3.8, 4) is 5.75 Å². The minimum atomic E-state index is -0.206. The number of aromatic nitrogens is 3. The molecule has 5 nitrogen and oxygen atoms in total. The lowest BCUT2D eigenvalue weighted by Crippen LogP contribution is -2.25. The second-order valence-corrected chi connectivity index (χ2v) is 7.60. The molecular weight excluding hydrogens is 379 g/mol. The van der Waals surface area contributed by atoms with E-state index < -0.39 is 0 Å². The topological polar surface area (TPSA) is 46.1 Å². The van der Waals surface area contributed by atoms with E-state index in [-0.39, 0.29) is 5.82 Å². The average Bonchev–Trinajstić information content (AvgIpc) is 3.37. The van der Waals surface area contributed by atoms with Gasteiger partial charge >= 0.3 is 0 Å². The number of imidazole rings is 1. The van der Waals surface area contributed by atoms with Gasteiger partial charge in [0.2, 0.25) is 0 Å². The van der Waals surface area contributed by atoms with Gasteiger partial charge in [-0.2, -0.15) is 0 Å². The number of methoxy groups -OCH3 is 1. The van der Waals surface area contributed by atoms with Crippen LogP contribution in [-0.4, -0.2) is 33.1 Å². The van der Waals surface area contributed by atoms with Crippen LogP contribution in [0.1, 0.15) is 23.2 Å². The maximum absolute atomic E-state index is 13.7. The van der Waals surface area contributed by atoms with E-state index in [1.807, 2.05) is 36.8 Å². The molecule has 0 amide bonds. The molecule has 4 aromatic rings. The van der Waals surface area contributed by atoms with Gasteiger partial charge in [0.25, 0.3) is 0 Å². The molecule has 0 aliphatic carbocycles. The largest absolute Gasteiger partial charge is 0.496 e. The number of H-pyrrole nitrogens is 1. The normalized spacial score (nSPS) is 11.5. The van der Waals surface area contributed by atoms with Gasteiger partial charge in [0.1, 0.15) is 11.6 Å². The van der Waals surface area contributed by atoms with Crippen molar-refractivity contribution < 1.29 is 9.13 Å². The van der Waals surface area contributed by atoms with Crippen LogP contribution in [0.15, 0.2) is 61.2 Å². The summed E-state index contributed by atoms with van der Waals surface area (Å²) in [6.07, 6.45) is 6.64. The predicted molar refractivity (Wildman–Crippen MR) is 117 cm³/mol. The number of halogens is 1. The van der Waals surface area contributed by atoms with Gasteiger partial charge in [0, 0.05) is 60.7 Å². The monoisotopic (exact) mass is 406 g/mol. The number of nitrogens with one attached hydrogen (secondary N) is 1. The molecule has 0 radical (unpaired) electrons. The van der Waals surface area contributed by atoms with E-state index in [9.17, 15) is 4.39 Å². The minimum absolute atomic E-state index is 0.206. The lowest BCUT2D eigenvalue weighted by molar-refractivity contribution is 0.242. The number of hydrogen-bond donors (Lipinski definition) is 1. The summed E-state index contributed by atoms with van der Waals surface area (Å²) in [6, 6.07) is 13.0. The van der Waals surface area contributed by atoms with Gasteiger partial charge < -0.3 is 14.3 Å². The molecule has 0 fully saturated rings. The molecule has 0 aliphatic rings. The summed E-state index contributed by atoms with van der Waals surface area (Å²) in [6.45, 7) is 5.42. The molecule has 0 atom stereocenters. The highest BCUT2D eigenvalue weighted by atomic mass is 19.1. The Balaban J connectivity index is 1.55. The van der Waals surface area contributed by atoms with Gasteiger partial charge in [-0.05, 0) is 43.2 Å². The van der Waals surface area contributed by atoms with E-state index in [1.54, 1.807) is 19.4 Å². The van der Waals surface area contributed by atoms with Crippen LogP contribution in [0.3, 0.4) is 0 Å². The number of aromatic amines is 1. The fourth-order valence-corrected chi connectivity index (χ4v) is 3.92. The Hall–Kier alpha value is -3.12. The molecule has 156 valence electrons. The van der Waals surface area contributed by atoms with Crippen LogP contribution in [0, 0.1) is 12.7 Å². The lowest BCUT2D eigenvalue weighted by Gasteiger charge is -2.23. The maximum Gasteiger partial charge on any atom is 0.123 e. The molecule has 0 aliphatic heterocycles. The Kier molecular flexibility index (Phi) is 6.14. The van der Waals surface area contributed by atoms with Crippen LogP contribution in [0.4, 0.5) is 4.39 Å². The number of nitrogens with zero attached hydrogens (tertiary/aromatic N) is 3. The van der Waals surface area contributed by atoms with Gasteiger partial charge in [-0.15, -0.1) is 0 Å². The van der Waals surface area contributed by atoms with Gasteiger partial charge in [-0.25, -0.2) is 9.37 Å². The van der Waals surface area contributed by atoms with Crippen LogP contribution >= 0.6 is 0 Å². The van der Waals surface area contributed by atoms with Crippen LogP contribution < -0.4 is 4.74 Å². The smallest absolute Gasteiger partial charge is 0.123 e. The number of fused-ring (bicyclic) bond motifs is 1. The third kappa shape index (κ3) is 4.54. The number of ether oxygens (including phenoxy) is 1. The van der Waals surface area contributed by atoms with Gasteiger partial charge in [-0.1, -0.05) is 18.2 Å². The number of aryl methyl sites for hydroxylation is 2. The first-order valence-corrected chi connectivity index (χ1v) is 10.2. The molecule has 6 heteroatoms. The first-order chi connectivity index (χ1) is 14.6. The van der Waals surface area contributed by atoms with E-state index in [4.69, 9.17) is 4.74 Å². The maximum atomic E-state index is 13.7. The minimum Gasteiger partial charge on any atom is -0.496 e. The molecule has 4 rings (SSSR count). The standard InChI is InChI=1S/C24H27FN4O/c1-18-21-14-20(25)8-9-22(21)27-23(18)16-29(12-5-11-28-13-10-26-17-28)15-19-6-3-4-7-24(19)30-2/h3-4,6-10,13-14,17,27H,5,11-12,15-16H2,1-2H3. The highest BCUT2D eigenvalue weighted by Crippen LogP contribution is 2.25. The summed E-state index contributed by atoms with van der Waals surface area (Å²) >= 11 is 0. The van der Waals surface area contributed by atoms with Gasteiger partial charge in [-0.3, -0.25) is 4.90 Å². The average molecular weight is 407 g/mol. The lowest BCUT2D eigenvalue weighted by atomic mass is 10.1. The Labute approximate surface area is 176 Å². The van der Waals surface area contributed by atoms with Crippen molar-refractivity contribution in [2.24, 2.45) is 0 Å². The fourth-order valence-electron chi connectivity index (χ4n) is 3.92. The quantitative estimate of drug-likeness (QED) is 0.429. The van der Waals surface area contributed by atoms with Gasteiger partial charge in [0.05, 0.1) is 13.4 Å². The van der Waals surface area contributed by atoms with Crippen molar-refractivity contribution in [1.82, 2.24) is 19.4 Å². The zero-order valence-electron chi connectivity index (χ0n) is 17.4. The van der Waals surface area contributed by atoms with Crippen molar-refractivity contribution >= 4 is 10.9 Å². The number of hydrogen-bond acceptors (Lipinski definition) is 3. The molecule has 30 heavy (non-hydrogen) atoms. The van der Waals surface area contributed by atoms with Crippen LogP contribution in [-0.2, 0) is 19.6 Å². The van der Waals surface area contributed by atoms with Crippen LogP contribution in [0.5, 0.6) is 5.75 Å². The van der Waals surface area contributed by atoms with E-state index >= 15 is 0 Å². The first-order valence-electron chi connectivity index (χ1n) is 10.2. The van der Waals surface area contributed by atoms with Crippen molar-refractivity contribution in [2.75, 3.05) is 13.7 Å². The van der Waals surface area contributed by atoms with Crippen LogP contribution in [0.2, 0.25) is 0 Å². The summed E-state index contributed by atoms with van der Waals surface area (Å²) in [4.78, 5) is 10.0. The summed E-state index contributed by atoms with van der Waals surface area (Å²) < 4.78 is 21.4. The van der Waals surface area contributed by atoms with E-state index in [0.717, 1.165) is 66.1 Å². The first kappa shape index (κ1) is 20.2. The summed E-state index contributed by atoms with van der Waals surface area (Å²) in [5, 5.41) is 0.945. The van der Waals surface area contributed by atoms with Crippen molar-refractivity contribution in [3.63, 3.8) is 0 Å². The van der Waals surface area contributed by atoms with E-state index in [0.29, 0.717) is 0 Å². The number of benzene rings is 2. The van der Waals surface area contributed by atoms with Crippen LogP contribution in [0.25, 0.3) is 10.9 Å². The molecule has 0 bridgehead atoms. The second-order valence-electron chi connectivity index (χ2n) is 7.60. The molecule has 2 heterocycles. The molecule has 0 spiro atoms. The van der Waals surface area contributed by atoms with Crippen molar-refractivity contribution in [3.05, 3.63) is 83.8 Å². The molecular formula is C24H27FN4O. The Morgan fingerprint density at radius 1 is 1.17 bits per heavy atom. The van der Waals surface area contributed by atoms with E-state index in [1.165, 1.54) is 6.07 Å². The zero-order chi connectivity index (χ0) is 20.9. The zero-order valence-corrected chi connectivity index (χ0v) is 17.4. The van der Waals surface area contributed by atoms with Crippen molar-refractivity contribution in [2.45, 2.75) is 33.0 Å². The summed E-state index contributed by atoms with van der Waals surface area (Å²) in [5.41, 5.74) is 4.35. The molecule has 2 aromatic heterocycles. The fraction of sp³-hybridized carbons (Fsp3) is 0.292. The third-order valence-corrected chi connectivity index (χ3v) is 5.54. The van der Waals surface area contributed by atoms with Crippen molar-refractivity contribution in [1.29, 1.82) is 0 Å². The Morgan fingerprint density at radius 3 is 2.83 bits per heavy atom. The molecule has 0 saturated heterocycles. The third-order valence-electron chi connectivity index (χ3n) is 5.54. The summed E-state index contributed by atoms with van der Waals surface area (Å²) in [5.74, 6) is 0.690. The highest BCUT2D eigenvalue weighted by Gasteiger charge is 2.15. The van der Waals surface area contributed by atoms with E-state index in [2.05, 4.69) is 32.4 Å². The Morgan fingerprint density at radius 2 is 2.03 bits per heavy atom.